The third-order valence-electron chi connectivity index (χ3n) is 3.85. The third kappa shape index (κ3) is 1.76. The summed E-state index contributed by atoms with van der Waals surface area (Å²) in [5.74, 6) is 1.13. The molecule has 3 heterocycles. The molecule has 0 saturated carbocycles. The molecule has 2 fully saturated rings. The van der Waals surface area contributed by atoms with E-state index >= 15 is 0 Å². The summed E-state index contributed by atoms with van der Waals surface area (Å²) >= 11 is 1.41. The Morgan fingerprint density at radius 1 is 0.652 bits per heavy atom. The molecule has 7 heteroatoms. The Kier molecular flexibility index (Phi) is 2.66. The largest absolute Gasteiger partial charge is 0.437 e. The number of hydrogen-bond acceptors (Lipinski definition) is 5. The summed E-state index contributed by atoms with van der Waals surface area (Å²) in [5, 5.41) is 1.25. The summed E-state index contributed by atoms with van der Waals surface area (Å²) in [6.45, 7) is 0. The highest BCUT2D eigenvalue weighted by Crippen LogP contribution is 3.01. The highest BCUT2D eigenvalue weighted by molar-refractivity contribution is 8.30. The van der Waals surface area contributed by atoms with E-state index in [0.29, 0.717) is 31.4 Å². The van der Waals surface area contributed by atoms with E-state index in [4.69, 9.17) is 9.05 Å². The topological polar surface area (TPSA) is 52.6 Å². The molecule has 0 spiro atoms. The van der Waals surface area contributed by atoms with E-state index in [-0.39, 0.29) is 0 Å². The molecule has 2 bridgehead atoms. The predicted molar refractivity (Wildman–Crippen MR) is 91.0 cm³/mol. The first-order valence-electron chi connectivity index (χ1n) is 7.01. The lowest BCUT2D eigenvalue weighted by Crippen LogP contribution is -2.03. The van der Waals surface area contributed by atoms with E-state index in [0.717, 1.165) is 0 Å². The average Bonchev–Trinajstić information content (AvgIpc) is 2.92. The van der Waals surface area contributed by atoms with Crippen molar-refractivity contribution in [2.45, 2.75) is 0 Å². The van der Waals surface area contributed by atoms with Crippen molar-refractivity contribution in [1.82, 2.24) is 0 Å². The molecule has 0 aliphatic carbocycles. The van der Waals surface area contributed by atoms with Crippen LogP contribution >= 0.6 is 26.5 Å². The lowest BCUT2D eigenvalue weighted by Gasteiger charge is -2.29. The van der Waals surface area contributed by atoms with Gasteiger partial charge in [0.15, 0.2) is 0 Å². The zero-order valence-corrected chi connectivity index (χ0v) is 14.3. The first-order chi connectivity index (χ1) is 11.1. The summed E-state index contributed by atoms with van der Waals surface area (Å²) in [7, 11) is -5.96. The van der Waals surface area contributed by atoms with Crippen LogP contribution in [0.25, 0.3) is 0 Å². The molecule has 2 saturated heterocycles. The summed E-state index contributed by atoms with van der Waals surface area (Å²) in [4.78, 5) is 0. The Morgan fingerprint density at radius 2 is 1.09 bits per heavy atom. The first-order valence-corrected chi connectivity index (χ1v) is 11.1. The van der Waals surface area contributed by atoms with Crippen LogP contribution in [0.15, 0.2) is 80.6 Å². The van der Waals surface area contributed by atoms with Gasteiger partial charge >= 0.3 is 14.7 Å². The Balaban J connectivity index is 1.46. The van der Waals surface area contributed by atoms with E-state index in [1.165, 1.54) is 11.8 Å². The van der Waals surface area contributed by atoms with Crippen molar-refractivity contribution in [2.75, 3.05) is 0 Å². The van der Waals surface area contributed by atoms with Gasteiger partial charge in [0.25, 0.3) is 0 Å². The van der Waals surface area contributed by atoms with Gasteiger partial charge in [0.1, 0.15) is 20.8 Å². The predicted octanol–water partition coefficient (Wildman–Crippen LogP) is 5.81. The molecule has 0 aromatic heterocycles. The highest BCUT2D eigenvalue weighted by atomic mass is 32.2. The number of thioether (sulfide) groups is 1. The van der Waals surface area contributed by atoms with Gasteiger partial charge in [-0.15, -0.1) is 0 Å². The van der Waals surface area contributed by atoms with Crippen molar-refractivity contribution in [3.8, 4) is 11.5 Å². The zero-order valence-electron chi connectivity index (χ0n) is 11.7. The molecule has 2 aromatic rings. The van der Waals surface area contributed by atoms with Crippen LogP contribution in [0.5, 0.6) is 11.5 Å². The minimum absolute atomic E-state index is 0.562. The number of hydrogen-bond donors (Lipinski definition) is 0. The average molecular weight is 360 g/mol. The molecule has 0 radical (unpaired) electrons. The SMILES string of the molecule is O=P1(Oc2ccccc2)C2=C3C(=C1S2)P3(=O)Oc1ccccc1. The Morgan fingerprint density at radius 3 is 1.57 bits per heavy atom. The van der Waals surface area contributed by atoms with Gasteiger partial charge in [-0.05, 0) is 24.3 Å². The van der Waals surface area contributed by atoms with Gasteiger partial charge in [0, 0.05) is 0 Å². The quantitative estimate of drug-likeness (QED) is 0.644. The standard InChI is InChI=1S/C16H10O4P2S/c17-21(19-11-7-3-1-4-8-11)13-14(21)16-22(18,15(13)23-16)20-12-9-5-2-6-10-12/h1-10H. The fourth-order valence-corrected chi connectivity index (χ4v) is 11.4. The lowest BCUT2D eigenvalue weighted by molar-refractivity contribution is 0.495. The molecule has 114 valence electrons. The zero-order chi connectivity index (χ0) is 15.7. The van der Waals surface area contributed by atoms with Crippen LogP contribution in [0.1, 0.15) is 0 Å². The molecule has 0 amide bonds. The summed E-state index contributed by atoms with van der Waals surface area (Å²) in [6.07, 6.45) is 0. The van der Waals surface area contributed by atoms with Gasteiger partial charge in [-0.2, -0.15) is 0 Å². The maximum Gasteiger partial charge on any atom is 0.321 e. The van der Waals surface area contributed by atoms with Crippen LogP contribution in [0.2, 0.25) is 0 Å². The van der Waals surface area contributed by atoms with Gasteiger partial charge in [-0.3, -0.25) is 9.13 Å². The van der Waals surface area contributed by atoms with Crippen molar-refractivity contribution in [3.05, 3.63) is 80.6 Å². The fraction of sp³-hybridized carbons (Fsp3) is 0. The summed E-state index contributed by atoms with van der Waals surface area (Å²) < 4.78 is 38.5. The number of benzene rings is 2. The van der Waals surface area contributed by atoms with E-state index in [9.17, 15) is 9.13 Å². The van der Waals surface area contributed by atoms with Crippen molar-refractivity contribution < 1.29 is 18.2 Å². The van der Waals surface area contributed by atoms with Crippen LogP contribution in [-0.2, 0) is 9.13 Å². The van der Waals surface area contributed by atoms with Gasteiger partial charge in [0.2, 0.25) is 0 Å². The first kappa shape index (κ1) is 13.7. The molecular formula is C16H10O4P2S. The molecule has 5 rings (SSSR count). The molecule has 3 aliphatic heterocycles. The second kappa shape index (κ2) is 4.45. The Labute approximate surface area is 137 Å². The number of fused-ring (bicyclic) bond motifs is 3. The van der Waals surface area contributed by atoms with Gasteiger partial charge in [0.05, 0.1) is 10.6 Å². The van der Waals surface area contributed by atoms with Crippen molar-refractivity contribution >= 4 is 26.5 Å². The van der Waals surface area contributed by atoms with Gasteiger partial charge < -0.3 is 9.05 Å². The molecule has 3 aliphatic rings. The molecule has 23 heavy (non-hydrogen) atoms. The summed E-state index contributed by atoms with van der Waals surface area (Å²) in [6, 6.07) is 18.1. The van der Waals surface area contributed by atoms with E-state index in [1.54, 1.807) is 24.3 Å². The number of para-hydroxylation sites is 2. The Bertz CT molecular complexity index is 961. The molecule has 0 atom stereocenters. The maximum atomic E-state index is 13.0. The smallest absolute Gasteiger partial charge is 0.321 e. The van der Waals surface area contributed by atoms with Crippen molar-refractivity contribution in [2.24, 2.45) is 0 Å². The monoisotopic (exact) mass is 360 g/mol. The maximum absolute atomic E-state index is 13.0. The van der Waals surface area contributed by atoms with E-state index in [1.807, 2.05) is 36.4 Å². The molecule has 0 N–H and O–H groups in total. The second-order valence-corrected chi connectivity index (χ2v) is 11.3. The van der Waals surface area contributed by atoms with Gasteiger partial charge in [-0.1, -0.05) is 48.2 Å². The van der Waals surface area contributed by atoms with Gasteiger partial charge in [-0.25, -0.2) is 0 Å². The third-order valence-corrected chi connectivity index (χ3v) is 11.6. The van der Waals surface area contributed by atoms with Crippen LogP contribution in [0.3, 0.4) is 0 Å². The summed E-state index contributed by atoms with van der Waals surface area (Å²) in [5.41, 5.74) is 0. The van der Waals surface area contributed by atoms with Crippen LogP contribution in [0, 0.1) is 0 Å². The van der Waals surface area contributed by atoms with Crippen molar-refractivity contribution in [3.63, 3.8) is 0 Å². The lowest BCUT2D eigenvalue weighted by atomic mass is 10.3. The molecule has 0 unspecified atom stereocenters. The van der Waals surface area contributed by atoms with Crippen LogP contribution < -0.4 is 9.05 Å². The Hall–Kier alpha value is -1.67. The number of rotatable bonds is 4. The molecule has 2 aromatic carbocycles. The molecular weight excluding hydrogens is 350 g/mol. The highest BCUT2D eigenvalue weighted by Gasteiger charge is 2.74. The minimum atomic E-state index is -3.01. The normalized spacial score (nSPS) is 21.6. The fourth-order valence-electron chi connectivity index (χ4n) is 2.74. The molecule has 4 nitrogen and oxygen atoms in total. The van der Waals surface area contributed by atoms with E-state index in [2.05, 4.69) is 0 Å². The van der Waals surface area contributed by atoms with Crippen LogP contribution in [0.4, 0.5) is 0 Å². The second-order valence-electron chi connectivity index (χ2n) is 5.32. The minimum Gasteiger partial charge on any atom is -0.437 e. The van der Waals surface area contributed by atoms with Crippen molar-refractivity contribution in [1.29, 1.82) is 0 Å². The van der Waals surface area contributed by atoms with Crippen LogP contribution in [-0.4, -0.2) is 0 Å². The van der Waals surface area contributed by atoms with E-state index < -0.39 is 14.7 Å². The number of allylic oxidation sites excluding steroid dienone is 2.